The number of rotatable bonds is 6. The Labute approximate surface area is 205 Å². The minimum absolute atomic E-state index is 0.0905. The molecule has 4 rings (SSSR count). The van der Waals surface area contributed by atoms with Crippen molar-refractivity contribution in [3.8, 4) is 0 Å². The van der Waals surface area contributed by atoms with Gasteiger partial charge in [-0.3, -0.25) is 4.79 Å². The highest BCUT2D eigenvalue weighted by Gasteiger charge is 2.63. The van der Waals surface area contributed by atoms with E-state index in [0.29, 0.717) is 41.9 Å². The van der Waals surface area contributed by atoms with Crippen LogP contribution in [0.25, 0.3) is 0 Å². The van der Waals surface area contributed by atoms with Crippen molar-refractivity contribution in [1.29, 1.82) is 0 Å². The second-order valence-electron chi connectivity index (χ2n) is 12.7. The van der Waals surface area contributed by atoms with Gasteiger partial charge in [-0.25, -0.2) is 4.79 Å². The van der Waals surface area contributed by atoms with Crippen LogP contribution < -0.4 is 5.32 Å². The highest BCUT2D eigenvalue weighted by Crippen LogP contribution is 2.68. The molecule has 34 heavy (non-hydrogen) atoms. The third-order valence-corrected chi connectivity index (χ3v) is 11.3. The van der Waals surface area contributed by atoms with E-state index < -0.39 is 6.04 Å². The van der Waals surface area contributed by atoms with Crippen LogP contribution in [0.1, 0.15) is 91.9 Å². The number of hydrogen-bond donors (Lipinski definition) is 3. The van der Waals surface area contributed by atoms with Crippen molar-refractivity contribution < 1.29 is 24.5 Å². The number of carbonyl (C=O) groups excluding carboxylic acids is 2. The van der Waals surface area contributed by atoms with Gasteiger partial charge in [0.05, 0.1) is 19.3 Å². The molecule has 194 valence electrons. The minimum atomic E-state index is -0.604. The summed E-state index contributed by atoms with van der Waals surface area (Å²) in [6.45, 7) is 8.50. The summed E-state index contributed by atoms with van der Waals surface area (Å²) in [6.07, 6.45) is 9.53. The lowest BCUT2D eigenvalue weighted by Crippen LogP contribution is -2.58. The molecule has 4 aliphatic carbocycles. The topological polar surface area (TPSA) is 95.9 Å². The summed E-state index contributed by atoms with van der Waals surface area (Å²) in [7, 11) is 1.36. The van der Waals surface area contributed by atoms with Crippen molar-refractivity contribution in [3.05, 3.63) is 0 Å². The molecule has 6 heteroatoms. The molecule has 0 aromatic rings. The fourth-order valence-corrected chi connectivity index (χ4v) is 9.43. The number of nitrogens with one attached hydrogen (secondary N) is 1. The Hall–Kier alpha value is -1.14. The van der Waals surface area contributed by atoms with Gasteiger partial charge >= 0.3 is 5.97 Å². The number of methoxy groups -OCH3 is 1. The first-order chi connectivity index (χ1) is 16.0. The zero-order chi connectivity index (χ0) is 24.8. The third-order valence-electron chi connectivity index (χ3n) is 11.3. The van der Waals surface area contributed by atoms with Crippen molar-refractivity contribution in [3.63, 3.8) is 0 Å². The molecule has 4 fully saturated rings. The molecule has 11 atom stereocenters. The average molecular weight is 478 g/mol. The monoisotopic (exact) mass is 477 g/mol. The zero-order valence-electron chi connectivity index (χ0n) is 21.9. The van der Waals surface area contributed by atoms with Crippen LogP contribution in [0, 0.1) is 46.3 Å². The molecule has 0 aliphatic heterocycles. The van der Waals surface area contributed by atoms with Crippen LogP contribution in [0.3, 0.4) is 0 Å². The van der Waals surface area contributed by atoms with Crippen molar-refractivity contribution in [2.24, 2.45) is 46.3 Å². The van der Waals surface area contributed by atoms with Gasteiger partial charge in [-0.2, -0.15) is 0 Å². The van der Waals surface area contributed by atoms with Gasteiger partial charge in [0.15, 0.2) is 0 Å². The van der Waals surface area contributed by atoms with Gasteiger partial charge in [-0.05, 0) is 111 Å². The van der Waals surface area contributed by atoms with E-state index in [2.05, 4.69) is 26.1 Å². The highest BCUT2D eigenvalue weighted by molar-refractivity contribution is 5.83. The molecule has 0 radical (unpaired) electrons. The van der Waals surface area contributed by atoms with Crippen LogP contribution >= 0.6 is 0 Å². The van der Waals surface area contributed by atoms with E-state index in [1.807, 2.05) is 0 Å². The lowest BCUT2D eigenvalue weighted by Gasteiger charge is -2.62. The normalized spacial score (nSPS) is 45.3. The molecule has 4 aliphatic rings. The van der Waals surface area contributed by atoms with Crippen LogP contribution in [0.2, 0.25) is 0 Å². The van der Waals surface area contributed by atoms with Crippen LogP contribution in [0.15, 0.2) is 0 Å². The molecule has 3 N–H and O–H groups in total. The maximum atomic E-state index is 12.2. The largest absolute Gasteiger partial charge is 0.467 e. The Kier molecular flexibility index (Phi) is 7.42. The maximum Gasteiger partial charge on any atom is 0.328 e. The molecule has 0 aromatic heterocycles. The number of esters is 1. The quantitative estimate of drug-likeness (QED) is 0.501. The van der Waals surface area contributed by atoms with Gasteiger partial charge in [-0.1, -0.05) is 20.8 Å². The molecule has 4 saturated carbocycles. The third kappa shape index (κ3) is 4.31. The summed E-state index contributed by atoms with van der Waals surface area (Å²) >= 11 is 0. The zero-order valence-corrected chi connectivity index (χ0v) is 21.9. The Morgan fingerprint density at radius 2 is 1.76 bits per heavy atom. The predicted octanol–water partition coefficient (Wildman–Crippen LogP) is 4.07. The van der Waals surface area contributed by atoms with Crippen LogP contribution in [0.5, 0.6) is 0 Å². The highest BCUT2D eigenvalue weighted by atomic mass is 16.5. The fraction of sp³-hybridized carbons (Fsp3) is 0.929. The number of fused-ring (bicyclic) bond motifs is 5. The van der Waals surface area contributed by atoms with Crippen molar-refractivity contribution in [2.75, 3.05) is 7.11 Å². The molecule has 0 heterocycles. The van der Waals surface area contributed by atoms with E-state index in [1.165, 1.54) is 33.3 Å². The van der Waals surface area contributed by atoms with E-state index in [1.54, 1.807) is 0 Å². The van der Waals surface area contributed by atoms with Crippen LogP contribution in [0.4, 0.5) is 0 Å². The Morgan fingerprint density at radius 1 is 1.03 bits per heavy atom. The first-order valence-electron chi connectivity index (χ1n) is 13.7. The summed E-state index contributed by atoms with van der Waals surface area (Å²) < 4.78 is 4.90. The van der Waals surface area contributed by atoms with Gasteiger partial charge in [0.25, 0.3) is 0 Å². The number of aliphatic hydroxyl groups excluding tert-OH is 2. The van der Waals surface area contributed by atoms with Crippen molar-refractivity contribution in [1.82, 2.24) is 5.32 Å². The van der Waals surface area contributed by atoms with E-state index in [9.17, 15) is 19.8 Å². The molecule has 1 unspecified atom stereocenters. The Morgan fingerprint density at radius 3 is 2.44 bits per heavy atom. The minimum Gasteiger partial charge on any atom is -0.467 e. The van der Waals surface area contributed by atoms with Gasteiger partial charge < -0.3 is 20.3 Å². The second kappa shape index (κ2) is 9.72. The molecule has 6 nitrogen and oxygen atoms in total. The van der Waals surface area contributed by atoms with Crippen molar-refractivity contribution >= 4 is 11.9 Å². The molecular weight excluding hydrogens is 430 g/mol. The second-order valence-corrected chi connectivity index (χ2v) is 12.7. The Balaban J connectivity index is 1.48. The smallest absolute Gasteiger partial charge is 0.328 e. The van der Waals surface area contributed by atoms with Gasteiger partial charge in [0, 0.05) is 6.92 Å². The van der Waals surface area contributed by atoms with Gasteiger partial charge in [0.1, 0.15) is 6.04 Å². The fourth-order valence-electron chi connectivity index (χ4n) is 9.43. The summed E-state index contributed by atoms with van der Waals surface area (Å²) in [6, 6.07) is -0.604. The first kappa shape index (κ1) is 25.9. The number of aliphatic hydroxyl groups is 2. The van der Waals surface area contributed by atoms with Crippen LogP contribution in [-0.2, 0) is 14.3 Å². The molecule has 0 saturated heterocycles. The predicted molar refractivity (Wildman–Crippen MR) is 131 cm³/mol. The molecular formula is C28H47NO5. The average Bonchev–Trinajstić information content (AvgIpc) is 3.15. The van der Waals surface area contributed by atoms with Crippen molar-refractivity contribution in [2.45, 2.75) is 110 Å². The van der Waals surface area contributed by atoms with Crippen LogP contribution in [-0.4, -0.2) is 47.4 Å². The molecule has 0 spiro atoms. The first-order valence-corrected chi connectivity index (χ1v) is 13.7. The number of carbonyl (C=O) groups is 2. The van der Waals surface area contributed by atoms with Gasteiger partial charge in [0.2, 0.25) is 5.91 Å². The van der Waals surface area contributed by atoms with E-state index in [4.69, 9.17) is 4.74 Å². The summed E-state index contributed by atoms with van der Waals surface area (Å²) in [5.74, 6) is 2.54. The summed E-state index contributed by atoms with van der Waals surface area (Å²) in [5.41, 5.74) is 0.160. The number of ether oxygens (including phenoxy) is 1. The van der Waals surface area contributed by atoms with E-state index in [-0.39, 0.29) is 34.9 Å². The maximum absolute atomic E-state index is 12.2. The molecule has 1 amide bonds. The number of amides is 1. The SMILES string of the molecule is COC(=O)C(CC[C@@H](C)[C@H]1CC[C@H]2[C@@H]3CC[C@@H]4C[C@H](O)CC[C@]4(C)[C@H]3C[C@H](O)[C@]12C)NC(C)=O. The standard InChI is InChI=1S/C28H47NO5/c1-16(6-11-24(26(33)34-5)29-17(2)30)21-9-10-22-20-8-7-18-14-19(31)12-13-27(18,3)23(20)15-25(32)28(21,22)4/h16,18-25,31-32H,6-15H2,1-5H3,(H,29,30)/t16-,18-,19-,20+,21-,22+,23+,24?,25+,27+,28-/m1/s1. The molecule has 0 bridgehead atoms. The summed E-state index contributed by atoms with van der Waals surface area (Å²) in [5, 5.41) is 24.7. The van der Waals surface area contributed by atoms with E-state index >= 15 is 0 Å². The summed E-state index contributed by atoms with van der Waals surface area (Å²) in [4.78, 5) is 23.7. The van der Waals surface area contributed by atoms with E-state index in [0.717, 1.165) is 38.5 Å². The lowest BCUT2D eigenvalue weighted by molar-refractivity contribution is -0.175. The lowest BCUT2D eigenvalue weighted by atomic mass is 9.43. The van der Waals surface area contributed by atoms with Gasteiger partial charge in [-0.15, -0.1) is 0 Å². The Bertz CT molecular complexity index is 772. The number of hydrogen-bond acceptors (Lipinski definition) is 5. The molecule has 0 aromatic carbocycles.